The fourth-order valence-corrected chi connectivity index (χ4v) is 4.94. The maximum atomic E-state index is 13.4. The first-order valence-corrected chi connectivity index (χ1v) is 10.7. The summed E-state index contributed by atoms with van der Waals surface area (Å²) in [4.78, 5) is 13.4. The molecule has 0 fully saturated rings. The van der Waals surface area contributed by atoms with Crippen molar-refractivity contribution in [1.29, 1.82) is 0 Å². The molecule has 1 spiro atoms. The van der Waals surface area contributed by atoms with Gasteiger partial charge in [-0.2, -0.15) is 5.10 Å². The zero-order valence-electron chi connectivity index (χ0n) is 16.2. The number of fused-ring (bicyclic) bond motifs is 6. The van der Waals surface area contributed by atoms with Crippen molar-refractivity contribution in [2.24, 2.45) is 5.10 Å². The molecule has 1 N–H and O–H groups in total. The second kappa shape index (κ2) is 6.19. The van der Waals surface area contributed by atoms with Crippen molar-refractivity contribution in [3.63, 3.8) is 0 Å². The van der Waals surface area contributed by atoms with Crippen LogP contribution in [0.1, 0.15) is 34.7 Å². The van der Waals surface area contributed by atoms with Crippen LogP contribution in [0.3, 0.4) is 0 Å². The number of amides is 1. The maximum Gasteiger partial charge on any atom is 0.306 e. The third-order valence-electron chi connectivity index (χ3n) is 6.06. The maximum absolute atomic E-state index is 13.4. The first kappa shape index (κ1) is 17.7. The molecule has 148 valence electrons. The van der Waals surface area contributed by atoms with E-state index in [2.05, 4.69) is 58.5 Å². The summed E-state index contributed by atoms with van der Waals surface area (Å²) >= 11 is 3.55. The number of nitrogens with zero attached hydrogens (tertiary/aromatic N) is 2. The van der Waals surface area contributed by atoms with E-state index in [-0.39, 0.29) is 11.9 Å². The van der Waals surface area contributed by atoms with Gasteiger partial charge in [0.05, 0.1) is 23.0 Å². The molecule has 0 aliphatic carbocycles. The van der Waals surface area contributed by atoms with Gasteiger partial charge >= 0.3 is 5.72 Å². The van der Waals surface area contributed by atoms with Crippen LogP contribution in [0.25, 0.3) is 0 Å². The van der Waals surface area contributed by atoms with E-state index in [0.29, 0.717) is 6.42 Å². The zero-order valence-corrected chi connectivity index (χ0v) is 17.8. The minimum absolute atomic E-state index is 0.0815. The molecule has 0 bridgehead atoms. The van der Waals surface area contributed by atoms with Crippen LogP contribution in [0, 0.1) is 6.92 Å². The number of ether oxygens (including phenoxy) is 1. The number of anilines is 1. The lowest BCUT2D eigenvalue weighted by molar-refractivity contribution is -0.161. The molecule has 3 aromatic carbocycles. The Balaban J connectivity index is 1.57. The Labute approximate surface area is 182 Å². The van der Waals surface area contributed by atoms with Crippen molar-refractivity contribution in [2.45, 2.75) is 25.1 Å². The summed E-state index contributed by atoms with van der Waals surface area (Å²) in [6.07, 6.45) is 0.710. The quantitative estimate of drug-likeness (QED) is 0.550. The van der Waals surface area contributed by atoms with Crippen LogP contribution in [0.4, 0.5) is 5.69 Å². The number of carbonyl (C=O) groups excluding carboxylic acids is 1. The molecule has 3 aliphatic rings. The largest absolute Gasteiger partial charge is 0.453 e. The monoisotopic (exact) mass is 459 g/mol. The Morgan fingerprint density at radius 3 is 2.77 bits per heavy atom. The molecular formula is C24H18BrN3O2. The number of hydrogen-bond acceptors (Lipinski definition) is 4. The molecule has 30 heavy (non-hydrogen) atoms. The number of hydrazone groups is 1. The topological polar surface area (TPSA) is 53.9 Å². The van der Waals surface area contributed by atoms with Crippen LogP contribution < -0.4 is 10.1 Å². The molecule has 0 saturated heterocycles. The Morgan fingerprint density at radius 2 is 1.93 bits per heavy atom. The smallest absolute Gasteiger partial charge is 0.306 e. The van der Waals surface area contributed by atoms with Gasteiger partial charge in [0.2, 0.25) is 0 Å². The molecule has 5 nitrogen and oxygen atoms in total. The van der Waals surface area contributed by atoms with Gasteiger partial charge in [-0.05, 0) is 36.8 Å². The van der Waals surface area contributed by atoms with Gasteiger partial charge in [0.15, 0.2) is 0 Å². The van der Waals surface area contributed by atoms with Crippen molar-refractivity contribution < 1.29 is 9.53 Å². The van der Waals surface area contributed by atoms with Gasteiger partial charge in [-0.3, -0.25) is 4.79 Å². The van der Waals surface area contributed by atoms with E-state index in [1.165, 1.54) is 5.56 Å². The van der Waals surface area contributed by atoms with Crippen LogP contribution in [-0.4, -0.2) is 16.6 Å². The summed E-state index contributed by atoms with van der Waals surface area (Å²) < 4.78 is 7.36. The van der Waals surface area contributed by atoms with Crippen molar-refractivity contribution >= 4 is 33.2 Å². The molecule has 6 heteroatoms. The van der Waals surface area contributed by atoms with E-state index in [0.717, 1.165) is 38.3 Å². The molecule has 3 aliphatic heterocycles. The van der Waals surface area contributed by atoms with Gasteiger partial charge < -0.3 is 10.1 Å². The van der Waals surface area contributed by atoms with E-state index >= 15 is 0 Å². The van der Waals surface area contributed by atoms with Gasteiger partial charge in [-0.1, -0.05) is 64.0 Å². The number of halogens is 1. The highest BCUT2D eigenvalue weighted by atomic mass is 79.9. The lowest BCUT2D eigenvalue weighted by Gasteiger charge is -2.44. The van der Waals surface area contributed by atoms with Crippen LogP contribution in [0.15, 0.2) is 76.3 Å². The predicted octanol–water partition coefficient (Wildman–Crippen LogP) is 5.11. The van der Waals surface area contributed by atoms with Crippen molar-refractivity contribution in [3.8, 4) is 5.75 Å². The molecule has 3 aromatic rings. The molecule has 0 aromatic heterocycles. The summed E-state index contributed by atoms with van der Waals surface area (Å²) in [7, 11) is 0. The number of para-hydroxylation sites is 1. The van der Waals surface area contributed by atoms with Gasteiger partial charge in [-0.25, -0.2) is 5.01 Å². The Morgan fingerprint density at radius 1 is 1.13 bits per heavy atom. The van der Waals surface area contributed by atoms with E-state index < -0.39 is 5.72 Å². The molecule has 3 heterocycles. The van der Waals surface area contributed by atoms with E-state index in [1.807, 2.05) is 41.4 Å². The highest BCUT2D eigenvalue weighted by molar-refractivity contribution is 9.10. The van der Waals surface area contributed by atoms with E-state index in [4.69, 9.17) is 9.84 Å². The molecule has 1 amide bonds. The van der Waals surface area contributed by atoms with Gasteiger partial charge in [0, 0.05) is 16.5 Å². The first-order valence-electron chi connectivity index (χ1n) is 9.89. The standard InChI is InChI=1S/C24H18BrN3O2/c1-14-6-8-15(9-7-14)20-13-21-17-4-2-3-5-22(17)30-24(28(21)27-20)18-12-16(25)10-11-19(18)26-23(24)29/h2-12,21H,13H2,1H3,(H,26,29)/t21-,24+/m0/s1. The number of nitrogens with one attached hydrogen (secondary N) is 1. The summed E-state index contributed by atoms with van der Waals surface area (Å²) in [6.45, 7) is 2.07. The van der Waals surface area contributed by atoms with Crippen molar-refractivity contribution in [2.75, 3.05) is 5.32 Å². The van der Waals surface area contributed by atoms with Crippen molar-refractivity contribution in [3.05, 3.63) is 93.5 Å². The average molecular weight is 460 g/mol. The number of hydrogen-bond donors (Lipinski definition) is 1. The summed E-state index contributed by atoms with van der Waals surface area (Å²) in [5.41, 5.74) is 4.46. The van der Waals surface area contributed by atoms with Gasteiger partial charge in [0.1, 0.15) is 5.75 Å². The fraction of sp³-hybridized carbons (Fsp3) is 0.167. The number of aryl methyl sites for hydroxylation is 1. The number of carbonyl (C=O) groups is 1. The van der Waals surface area contributed by atoms with E-state index in [9.17, 15) is 4.79 Å². The fourth-order valence-electron chi connectivity index (χ4n) is 4.58. The molecular weight excluding hydrogens is 442 g/mol. The van der Waals surface area contributed by atoms with Gasteiger partial charge in [0.25, 0.3) is 5.91 Å². The van der Waals surface area contributed by atoms with Crippen LogP contribution in [0.5, 0.6) is 5.75 Å². The molecule has 2 atom stereocenters. The Hall–Kier alpha value is -3.12. The third kappa shape index (κ3) is 2.34. The number of benzene rings is 3. The molecule has 6 rings (SSSR count). The number of rotatable bonds is 1. The second-order valence-corrected chi connectivity index (χ2v) is 8.82. The molecule has 0 saturated carbocycles. The zero-order chi connectivity index (χ0) is 20.5. The highest BCUT2D eigenvalue weighted by Gasteiger charge is 2.60. The summed E-state index contributed by atoms with van der Waals surface area (Å²) in [5, 5.41) is 9.83. The Kier molecular flexibility index (Phi) is 3.65. The lowest BCUT2D eigenvalue weighted by atomic mass is 9.92. The Bertz CT molecular complexity index is 1240. The molecule has 0 radical (unpaired) electrons. The van der Waals surface area contributed by atoms with Gasteiger partial charge in [-0.15, -0.1) is 0 Å². The summed E-state index contributed by atoms with van der Waals surface area (Å²) in [5.74, 6) is 0.506. The molecule has 0 unspecified atom stereocenters. The van der Waals surface area contributed by atoms with Crippen LogP contribution in [-0.2, 0) is 10.5 Å². The second-order valence-electron chi connectivity index (χ2n) is 7.91. The van der Waals surface area contributed by atoms with Crippen LogP contribution >= 0.6 is 15.9 Å². The SMILES string of the molecule is Cc1ccc(C2=NN3[C@@H](C2)c2ccccc2O[C@]32C(=O)Nc3ccc(Br)cc32)cc1. The third-order valence-corrected chi connectivity index (χ3v) is 6.55. The first-order chi connectivity index (χ1) is 14.6. The average Bonchev–Trinajstić information content (AvgIpc) is 3.30. The van der Waals surface area contributed by atoms with Crippen molar-refractivity contribution in [1.82, 2.24) is 5.01 Å². The highest BCUT2D eigenvalue weighted by Crippen LogP contribution is 2.54. The summed E-state index contributed by atoms with van der Waals surface area (Å²) in [6, 6.07) is 22.0. The predicted molar refractivity (Wildman–Crippen MR) is 118 cm³/mol. The minimum atomic E-state index is -1.33. The van der Waals surface area contributed by atoms with E-state index in [1.54, 1.807) is 0 Å². The lowest BCUT2D eigenvalue weighted by Crippen LogP contribution is -2.55. The minimum Gasteiger partial charge on any atom is -0.453 e. The normalized spacial score (nSPS) is 23.4. The van der Waals surface area contributed by atoms with Crippen LogP contribution in [0.2, 0.25) is 0 Å².